The highest BCUT2D eigenvalue weighted by molar-refractivity contribution is 8.26. The Balaban J connectivity index is 2.14. The van der Waals surface area contributed by atoms with E-state index >= 15 is 0 Å². The van der Waals surface area contributed by atoms with Crippen LogP contribution in [0.3, 0.4) is 0 Å². The summed E-state index contributed by atoms with van der Waals surface area (Å²) in [5.74, 6) is -0.262. The van der Waals surface area contributed by atoms with Crippen molar-refractivity contribution in [1.29, 1.82) is 0 Å². The zero-order valence-corrected chi connectivity index (χ0v) is 10.5. The molecule has 1 radical (unpaired) electrons. The Morgan fingerprint density at radius 1 is 1.41 bits per heavy atom. The number of aryl methyl sites for hydroxylation is 1. The van der Waals surface area contributed by atoms with Gasteiger partial charge in [0.05, 0.1) is 0 Å². The molecule has 17 heavy (non-hydrogen) atoms. The highest BCUT2D eigenvalue weighted by Crippen LogP contribution is 2.17. The van der Waals surface area contributed by atoms with Crippen LogP contribution in [0.4, 0.5) is 0 Å². The molecule has 0 N–H and O–H groups in total. The Kier molecular flexibility index (Phi) is 3.58. The van der Waals surface area contributed by atoms with Gasteiger partial charge < -0.3 is 0 Å². The summed E-state index contributed by atoms with van der Waals surface area (Å²) >= 11 is 1.35. The molecule has 0 aliphatic carbocycles. The van der Waals surface area contributed by atoms with Gasteiger partial charge in [-0.3, -0.25) is 4.79 Å². The van der Waals surface area contributed by atoms with Crippen molar-refractivity contribution in [1.82, 2.24) is 5.43 Å². The maximum Gasteiger partial charge on any atom is 0.279 e. The van der Waals surface area contributed by atoms with Crippen molar-refractivity contribution in [2.24, 2.45) is 10.1 Å². The lowest BCUT2D eigenvalue weighted by atomic mass is 10.1. The Morgan fingerprint density at radius 2 is 2.18 bits per heavy atom. The second-order valence-electron chi connectivity index (χ2n) is 3.56. The quantitative estimate of drug-likeness (QED) is 0.805. The molecule has 0 fully saturated rings. The normalized spacial score (nSPS) is 16.8. The summed E-state index contributed by atoms with van der Waals surface area (Å²) in [5, 5.41) is 5.24. The number of hydrogen-bond acceptors (Lipinski definition) is 3. The first kappa shape index (κ1) is 11.9. The fourth-order valence-corrected chi connectivity index (χ4v) is 2.04. The summed E-state index contributed by atoms with van der Waals surface area (Å²) in [6.07, 6.45) is 0.811. The van der Waals surface area contributed by atoms with E-state index in [-0.39, 0.29) is 5.91 Å². The van der Waals surface area contributed by atoms with E-state index in [0.29, 0.717) is 10.7 Å². The molecule has 1 aromatic rings. The first-order valence-corrected chi connectivity index (χ1v) is 6.16. The molecule has 0 aromatic heterocycles. The average molecular weight is 246 g/mol. The van der Waals surface area contributed by atoms with Crippen LogP contribution in [-0.2, 0) is 0 Å². The maximum absolute atomic E-state index is 11.9. The van der Waals surface area contributed by atoms with E-state index in [1.54, 1.807) is 6.07 Å². The predicted molar refractivity (Wildman–Crippen MR) is 70.4 cm³/mol. The molecule has 0 spiro atoms. The Hall–Kier alpha value is -1.62. The second kappa shape index (κ2) is 5.14. The van der Waals surface area contributed by atoms with Crippen LogP contribution < -0.4 is 5.43 Å². The van der Waals surface area contributed by atoms with E-state index in [1.165, 1.54) is 11.8 Å². The summed E-state index contributed by atoms with van der Waals surface area (Å²) in [6, 6.07) is 7.38. The topological polar surface area (TPSA) is 55.9 Å². The van der Waals surface area contributed by atoms with Crippen LogP contribution in [0.15, 0.2) is 34.4 Å². The molecular weight excluding hydrogens is 234 g/mol. The van der Waals surface area contributed by atoms with Gasteiger partial charge in [-0.15, -0.1) is 10.5 Å². The monoisotopic (exact) mass is 246 g/mol. The lowest BCUT2D eigenvalue weighted by Gasteiger charge is -2.00. The molecule has 2 rings (SSSR count). The van der Waals surface area contributed by atoms with Crippen LogP contribution in [0, 0.1) is 6.92 Å². The maximum atomic E-state index is 11.9. The Morgan fingerprint density at radius 3 is 2.82 bits per heavy atom. The first-order chi connectivity index (χ1) is 8.20. The number of aliphatic imine (C=N–C) groups is 1. The van der Waals surface area contributed by atoms with Crippen LogP contribution in [0.2, 0.25) is 0 Å². The predicted octanol–water partition coefficient (Wildman–Crippen LogP) is 2.57. The summed E-state index contributed by atoms with van der Waals surface area (Å²) < 4.78 is 0. The third-order valence-corrected chi connectivity index (χ3v) is 3.29. The zero-order valence-electron chi connectivity index (χ0n) is 9.67. The van der Waals surface area contributed by atoms with E-state index in [0.717, 1.165) is 17.0 Å². The molecule has 0 atom stereocenters. The minimum Gasteiger partial charge on any atom is -0.267 e. The molecule has 5 heteroatoms. The first-order valence-electron chi connectivity index (χ1n) is 5.34. The van der Waals surface area contributed by atoms with Crippen LogP contribution in [0.5, 0.6) is 0 Å². The second-order valence-corrected chi connectivity index (χ2v) is 4.60. The van der Waals surface area contributed by atoms with Crippen molar-refractivity contribution >= 4 is 27.9 Å². The average Bonchev–Trinajstić information content (AvgIpc) is 2.77. The smallest absolute Gasteiger partial charge is 0.267 e. The van der Waals surface area contributed by atoms with E-state index in [4.69, 9.17) is 0 Å². The van der Waals surface area contributed by atoms with E-state index < -0.39 is 0 Å². The highest BCUT2D eigenvalue weighted by atomic mass is 32.2. The minimum atomic E-state index is -0.262. The van der Waals surface area contributed by atoms with Gasteiger partial charge in [-0.05, 0) is 36.7 Å². The molecule has 87 valence electrons. The van der Waals surface area contributed by atoms with E-state index in [9.17, 15) is 4.79 Å². The summed E-state index contributed by atoms with van der Waals surface area (Å²) in [7, 11) is 0. The van der Waals surface area contributed by atoms with Crippen molar-refractivity contribution in [2.45, 2.75) is 20.3 Å². The van der Waals surface area contributed by atoms with Crippen molar-refractivity contribution in [3.8, 4) is 0 Å². The van der Waals surface area contributed by atoms with Gasteiger partial charge in [0.1, 0.15) is 5.04 Å². The number of hydrogen-bond donors (Lipinski definition) is 0. The van der Waals surface area contributed by atoms with Gasteiger partial charge in [0.15, 0.2) is 0 Å². The summed E-state index contributed by atoms with van der Waals surface area (Å²) in [4.78, 5) is 15.9. The molecular formula is C12H12N3OS. The van der Waals surface area contributed by atoms with Gasteiger partial charge in [0, 0.05) is 5.56 Å². The lowest BCUT2D eigenvalue weighted by molar-refractivity contribution is 0.100. The van der Waals surface area contributed by atoms with Crippen molar-refractivity contribution in [3.05, 3.63) is 35.4 Å². The van der Waals surface area contributed by atoms with Gasteiger partial charge >= 0.3 is 0 Å². The fraction of sp³-hybridized carbons (Fsp3) is 0.250. The van der Waals surface area contributed by atoms with Crippen LogP contribution in [0.1, 0.15) is 29.3 Å². The van der Waals surface area contributed by atoms with Crippen LogP contribution >= 0.6 is 11.8 Å². The van der Waals surface area contributed by atoms with Crippen LogP contribution in [0.25, 0.3) is 0 Å². The van der Waals surface area contributed by atoms with Gasteiger partial charge in [-0.2, -0.15) is 4.99 Å². The van der Waals surface area contributed by atoms with Gasteiger partial charge in [0.25, 0.3) is 5.91 Å². The molecule has 1 aliphatic heterocycles. The number of nitrogens with zero attached hydrogens (tertiary/aromatic N) is 3. The SMILES string of the molecule is CCC1=N[N]C(=NC(=O)c2ccccc2C)S1. The molecule has 1 aliphatic rings. The number of amides is 1. The minimum absolute atomic E-state index is 0.262. The Bertz CT molecular complexity index is 508. The summed E-state index contributed by atoms with van der Waals surface area (Å²) in [5.41, 5.74) is 5.39. The number of carbonyl (C=O) groups is 1. The molecule has 0 bridgehead atoms. The molecule has 1 amide bonds. The fourth-order valence-electron chi connectivity index (χ4n) is 1.39. The van der Waals surface area contributed by atoms with Gasteiger partial charge in [0.2, 0.25) is 5.17 Å². The number of rotatable bonds is 2. The highest BCUT2D eigenvalue weighted by Gasteiger charge is 2.17. The largest absolute Gasteiger partial charge is 0.279 e. The van der Waals surface area contributed by atoms with E-state index in [1.807, 2.05) is 32.0 Å². The third kappa shape index (κ3) is 2.74. The summed E-state index contributed by atoms with van der Waals surface area (Å²) in [6.45, 7) is 3.88. The van der Waals surface area contributed by atoms with Gasteiger partial charge in [-0.25, -0.2) is 0 Å². The zero-order chi connectivity index (χ0) is 12.3. The van der Waals surface area contributed by atoms with Crippen molar-refractivity contribution in [3.63, 3.8) is 0 Å². The molecule has 1 aromatic carbocycles. The standard InChI is InChI=1S/C12H12N3OS/c1-3-10-14-15-12(17-10)13-11(16)9-7-5-4-6-8(9)2/h4-7H,3H2,1-2H3. The number of thioether (sulfide) groups is 1. The molecule has 0 saturated carbocycles. The van der Waals surface area contributed by atoms with Crippen molar-refractivity contribution in [2.75, 3.05) is 0 Å². The molecule has 0 unspecified atom stereocenters. The van der Waals surface area contributed by atoms with Gasteiger partial charge in [-0.1, -0.05) is 25.1 Å². The molecule has 1 heterocycles. The van der Waals surface area contributed by atoms with Crippen LogP contribution in [-0.4, -0.2) is 16.1 Å². The number of benzene rings is 1. The number of amidine groups is 1. The van der Waals surface area contributed by atoms with Crippen molar-refractivity contribution < 1.29 is 4.79 Å². The molecule has 0 saturated heterocycles. The molecule has 4 nitrogen and oxygen atoms in total. The number of carbonyl (C=O) groups excluding carboxylic acids is 1. The lowest BCUT2D eigenvalue weighted by Crippen LogP contribution is -2.06. The Labute approximate surface area is 104 Å². The third-order valence-electron chi connectivity index (χ3n) is 2.33. The van der Waals surface area contributed by atoms with E-state index in [2.05, 4.69) is 15.5 Å².